The van der Waals surface area contributed by atoms with Crippen LogP contribution >= 0.6 is 0 Å². The van der Waals surface area contributed by atoms with Gasteiger partial charge < -0.3 is 10.2 Å². The van der Waals surface area contributed by atoms with Crippen LogP contribution in [0, 0.1) is 11.5 Å². The summed E-state index contributed by atoms with van der Waals surface area (Å²) in [5.41, 5.74) is 2.80. The number of para-hydroxylation sites is 1. The maximum atomic E-state index is 14.2. The van der Waals surface area contributed by atoms with E-state index in [-0.39, 0.29) is 12.1 Å². The molecule has 0 radical (unpaired) electrons. The third-order valence-electron chi connectivity index (χ3n) is 7.78. The summed E-state index contributed by atoms with van der Waals surface area (Å²) in [6.07, 6.45) is -0.787. The Hall–Kier alpha value is -5.11. The van der Waals surface area contributed by atoms with Crippen molar-refractivity contribution in [3.05, 3.63) is 112 Å². The highest BCUT2D eigenvalue weighted by Gasteiger charge is 2.45. The van der Waals surface area contributed by atoms with Gasteiger partial charge in [0.25, 0.3) is 11.8 Å². The second kappa shape index (κ2) is 10.4. The van der Waals surface area contributed by atoms with E-state index in [4.69, 9.17) is 0 Å². The number of carbonyl (C=O) groups excluding carboxylic acids is 2. The van der Waals surface area contributed by atoms with Crippen LogP contribution in [0.4, 0.5) is 19.0 Å². The largest absolute Gasteiger partial charge is 0.416 e. The molecule has 0 aliphatic carbocycles. The lowest BCUT2D eigenvalue weighted by Gasteiger charge is -2.38. The first-order valence-corrected chi connectivity index (χ1v) is 13.4. The fourth-order valence-electron chi connectivity index (χ4n) is 5.87. The standard InChI is InChI=1S/C31H25F3N6O2/c1-2-39-29-24(15-36-40(29)22-11-4-3-5-12-22)26(23-13-7-9-20-16-38(18-35)17-25(20)23)27(30(39)42)37-28(41)19-8-6-10-21(14-19)31(32,33)34/h3-15,26-27H,2,16-17H2,1H3,(H,37,41)/t26-,27+/m1/s1. The number of nitrogens with zero attached hydrogens (tertiary/aromatic N) is 5. The zero-order valence-electron chi connectivity index (χ0n) is 22.5. The lowest BCUT2D eigenvalue weighted by Crippen LogP contribution is -2.55. The average molecular weight is 571 g/mol. The quantitative estimate of drug-likeness (QED) is 0.342. The van der Waals surface area contributed by atoms with Crippen molar-refractivity contribution in [3.63, 3.8) is 0 Å². The molecule has 1 N–H and O–H groups in total. The molecule has 2 aliphatic rings. The minimum atomic E-state index is -4.63. The average Bonchev–Trinajstić information content (AvgIpc) is 3.62. The van der Waals surface area contributed by atoms with Crippen molar-refractivity contribution in [3.8, 4) is 11.9 Å². The number of nitrogens with one attached hydrogen (secondary N) is 1. The molecule has 3 aromatic carbocycles. The monoisotopic (exact) mass is 570 g/mol. The highest BCUT2D eigenvalue weighted by atomic mass is 19.4. The Labute approximate surface area is 239 Å². The van der Waals surface area contributed by atoms with Gasteiger partial charge >= 0.3 is 6.18 Å². The van der Waals surface area contributed by atoms with E-state index < -0.39 is 35.5 Å². The van der Waals surface area contributed by atoms with Crippen LogP contribution in [-0.2, 0) is 24.1 Å². The lowest BCUT2D eigenvalue weighted by molar-refractivity contribution is -0.137. The maximum absolute atomic E-state index is 14.2. The molecule has 42 heavy (non-hydrogen) atoms. The maximum Gasteiger partial charge on any atom is 0.416 e. The van der Waals surface area contributed by atoms with Crippen LogP contribution in [0.15, 0.2) is 79.0 Å². The topological polar surface area (TPSA) is 94.3 Å². The molecule has 0 bridgehead atoms. The fraction of sp³-hybridized carbons (Fsp3) is 0.226. The third-order valence-corrected chi connectivity index (χ3v) is 7.78. The third kappa shape index (κ3) is 4.55. The number of benzene rings is 3. The number of likely N-dealkylation sites (N-methyl/N-ethyl adjacent to an activating group) is 1. The molecule has 0 saturated carbocycles. The Kier molecular flexibility index (Phi) is 6.69. The number of aromatic nitrogens is 2. The summed E-state index contributed by atoms with van der Waals surface area (Å²) in [6.45, 7) is 2.82. The molecule has 0 saturated heterocycles. The Bertz CT molecular complexity index is 1730. The highest BCUT2D eigenvalue weighted by Crippen LogP contribution is 2.44. The number of halogens is 3. The summed E-state index contributed by atoms with van der Waals surface area (Å²) in [5, 5.41) is 17.0. The molecule has 2 atom stereocenters. The first-order valence-electron chi connectivity index (χ1n) is 13.4. The highest BCUT2D eigenvalue weighted by molar-refractivity contribution is 6.05. The van der Waals surface area contributed by atoms with Crippen molar-refractivity contribution in [1.29, 1.82) is 5.26 Å². The summed E-state index contributed by atoms with van der Waals surface area (Å²) in [4.78, 5) is 30.8. The molecule has 1 aromatic heterocycles. The molecule has 6 rings (SSSR count). The Balaban J connectivity index is 1.50. The van der Waals surface area contributed by atoms with Gasteiger partial charge in [-0.25, -0.2) is 4.68 Å². The number of nitriles is 1. The van der Waals surface area contributed by atoms with Crippen LogP contribution < -0.4 is 10.2 Å². The van der Waals surface area contributed by atoms with Gasteiger partial charge in [0, 0.05) is 23.6 Å². The van der Waals surface area contributed by atoms with E-state index in [9.17, 15) is 28.0 Å². The van der Waals surface area contributed by atoms with Gasteiger partial charge in [-0.3, -0.25) is 14.5 Å². The van der Waals surface area contributed by atoms with Crippen molar-refractivity contribution in [2.24, 2.45) is 0 Å². The first kappa shape index (κ1) is 27.1. The molecule has 2 amide bonds. The van der Waals surface area contributed by atoms with Gasteiger partial charge in [-0.05, 0) is 53.9 Å². The van der Waals surface area contributed by atoms with Crippen LogP contribution in [0.5, 0.6) is 0 Å². The Morgan fingerprint density at radius 1 is 1.05 bits per heavy atom. The number of hydrogen-bond donors (Lipinski definition) is 1. The molecule has 212 valence electrons. The van der Waals surface area contributed by atoms with Gasteiger partial charge in [0.2, 0.25) is 0 Å². The molecule has 4 aromatic rings. The van der Waals surface area contributed by atoms with E-state index in [1.165, 1.54) is 17.0 Å². The second-order valence-electron chi connectivity index (χ2n) is 10.2. The number of amides is 2. The molecular formula is C31H25F3N6O2. The van der Waals surface area contributed by atoms with E-state index in [2.05, 4.69) is 16.6 Å². The van der Waals surface area contributed by atoms with Crippen LogP contribution in [-0.4, -0.2) is 39.1 Å². The first-order chi connectivity index (χ1) is 20.2. The SMILES string of the molecule is CCN1C(=O)[C@@H](NC(=O)c2cccc(C(F)(F)F)c2)[C@H](c2cccc3c2CN(C#N)C3)c2cnn(-c3ccccc3)c21. The summed E-state index contributed by atoms with van der Waals surface area (Å²) in [5.74, 6) is -1.38. The summed E-state index contributed by atoms with van der Waals surface area (Å²) in [7, 11) is 0. The predicted octanol–water partition coefficient (Wildman–Crippen LogP) is 4.98. The summed E-state index contributed by atoms with van der Waals surface area (Å²) >= 11 is 0. The predicted molar refractivity (Wildman–Crippen MR) is 147 cm³/mol. The van der Waals surface area contributed by atoms with Gasteiger partial charge in [-0.15, -0.1) is 0 Å². The van der Waals surface area contributed by atoms with Crippen LogP contribution in [0.1, 0.15) is 51.0 Å². The molecule has 11 heteroatoms. The van der Waals surface area contributed by atoms with Gasteiger partial charge in [0.05, 0.1) is 30.5 Å². The molecule has 0 spiro atoms. The minimum absolute atomic E-state index is 0.209. The van der Waals surface area contributed by atoms with Crippen molar-refractivity contribution in [1.82, 2.24) is 20.0 Å². The normalized spacial score (nSPS) is 17.9. The van der Waals surface area contributed by atoms with Crippen molar-refractivity contribution in [2.75, 3.05) is 11.4 Å². The Morgan fingerprint density at radius 3 is 2.52 bits per heavy atom. The number of alkyl halides is 3. The van der Waals surface area contributed by atoms with E-state index in [1.54, 1.807) is 22.7 Å². The van der Waals surface area contributed by atoms with Gasteiger partial charge in [0.1, 0.15) is 11.9 Å². The number of anilines is 1. The number of carbonyl (C=O) groups is 2. The van der Waals surface area contributed by atoms with Crippen LogP contribution in [0.2, 0.25) is 0 Å². The van der Waals surface area contributed by atoms with Gasteiger partial charge in [-0.2, -0.15) is 23.5 Å². The van der Waals surface area contributed by atoms with E-state index in [0.29, 0.717) is 24.5 Å². The molecule has 8 nitrogen and oxygen atoms in total. The van der Waals surface area contributed by atoms with Crippen LogP contribution in [0.3, 0.4) is 0 Å². The van der Waals surface area contributed by atoms with E-state index >= 15 is 0 Å². The zero-order chi connectivity index (χ0) is 29.6. The molecule has 2 aliphatic heterocycles. The van der Waals surface area contributed by atoms with Crippen molar-refractivity contribution in [2.45, 2.75) is 38.1 Å². The summed E-state index contributed by atoms with van der Waals surface area (Å²) < 4.78 is 41.9. The molecule has 0 unspecified atom stereocenters. The second-order valence-corrected chi connectivity index (χ2v) is 10.2. The van der Waals surface area contributed by atoms with E-state index in [1.807, 2.05) is 48.5 Å². The fourth-order valence-corrected chi connectivity index (χ4v) is 5.87. The smallest absolute Gasteiger partial charge is 0.339 e. The minimum Gasteiger partial charge on any atom is -0.339 e. The molecule has 0 fully saturated rings. The molecular weight excluding hydrogens is 545 g/mol. The van der Waals surface area contributed by atoms with Crippen LogP contribution in [0.25, 0.3) is 5.69 Å². The molecule has 3 heterocycles. The number of fused-ring (bicyclic) bond motifs is 2. The zero-order valence-corrected chi connectivity index (χ0v) is 22.5. The van der Waals surface area contributed by atoms with Crippen molar-refractivity contribution >= 4 is 17.6 Å². The number of rotatable bonds is 5. The Morgan fingerprint density at radius 2 is 1.81 bits per heavy atom. The van der Waals surface area contributed by atoms with Gasteiger partial charge in [-0.1, -0.05) is 42.5 Å². The summed E-state index contributed by atoms with van der Waals surface area (Å²) in [6, 6.07) is 17.9. The van der Waals surface area contributed by atoms with Gasteiger partial charge in [0.15, 0.2) is 6.19 Å². The lowest BCUT2D eigenvalue weighted by atomic mass is 9.79. The van der Waals surface area contributed by atoms with Crippen molar-refractivity contribution < 1.29 is 22.8 Å². The number of hydrogen-bond acceptors (Lipinski definition) is 5. The van der Waals surface area contributed by atoms with E-state index in [0.717, 1.165) is 34.5 Å².